The second-order valence-corrected chi connectivity index (χ2v) is 6.12. The lowest BCUT2D eigenvalue weighted by Crippen LogP contribution is -2.24. The Labute approximate surface area is 161 Å². The molecule has 0 unspecified atom stereocenters. The van der Waals surface area contributed by atoms with Gasteiger partial charge in [0.15, 0.2) is 11.5 Å². The number of methoxy groups -OCH3 is 2. The molecule has 1 N–H and O–H groups in total. The zero-order chi connectivity index (χ0) is 19.6. The number of aromatic nitrogens is 1. The molecule has 6 nitrogen and oxygen atoms in total. The van der Waals surface area contributed by atoms with Crippen LogP contribution in [0.1, 0.15) is 31.4 Å². The van der Waals surface area contributed by atoms with Gasteiger partial charge in [-0.2, -0.15) is 0 Å². The standard InChI is InChI=1S/C21H29N3O3/c1-5-24(6-2)19-14-16(12-13-22-19)10-11-20(25)23-15-17-8-7-9-18(26-3)21(17)27-4/h7-9,12-14H,5-6,10-11,15H2,1-4H3,(H,23,25). The molecule has 0 atom stereocenters. The predicted octanol–water partition coefficient (Wildman–Crippen LogP) is 3.19. The third-order valence-electron chi connectivity index (χ3n) is 4.50. The molecule has 1 heterocycles. The van der Waals surface area contributed by atoms with Gasteiger partial charge in [0.2, 0.25) is 5.91 Å². The molecule has 0 spiro atoms. The fourth-order valence-corrected chi connectivity index (χ4v) is 2.97. The SMILES string of the molecule is CCN(CC)c1cc(CCC(=O)NCc2cccc(OC)c2OC)ccn1. The number of rotatable bonds is 10. The molecule has 0 aliphatic heterocycles. The van der Waals surface area contributed by atoms with E-state index in [1.165, 1.54) is 0 Å². The van der Waals surface area contributed by atoms with Crippen molar-refractivity contribution in [2.45, 2.75) is 33.2 Å². The van der Waals surface area contributed by atoms with Crippen LogP contribution in [-0.4, -0.2) is 38.2 Å². The number of hydrogen-bond donors (Lipinski definition) is 1. The van der Waals surface area contributed by atoms with E-state index in [9.17, 15) is 4.79 Å². The van der Waals surface area contributed by atoms with Gasteiger partial charge in [-0.3, -0.25) is 4.79 Å². The molecule has 1 aromatic carbocycles. The van der Waals surface area contributed by atoms with Gasteiger partial charge in [0.25, 0.3) is 0 Å². The zero-order valence-corrected chi connectivity index (χ0v) is 16.6. The van der Waals surface area contributed by atoms with Crippen LogP contribution in [-0.2, 0) is 17.8 Å². The molecular formula is C21H29N3O3. The number of aryl methyl sites for hydroxylation is 1. The van der Waals surface area contributed by atoms with Crippen LogP contribution in [0, 0.1) is 0 Å². The van der Waals surface area contributed by atoms with Crippen molar-refractivity contribution in [2.24, 2.45) is 0 Å². The van der Waals surface area contributed by atoms with E-state index in [-0.39, 0.29) is 5.91 Å². The molecule has 2 rings (SSSR count). The summed E-state index contributed by atoms with van der Waals surface area (Å²) >= 11 is 0. The van der Waals surface area contributed by atoms with E-state index in [1.807, 2.05) is 30.5 Å². The number of anilines is 1. The van der Waals surface area contributed by atoms with Gasteiger partial charge in [0, 0.05) is 37.8 Å². The van der Waals surface area contributed by atoms with E-state index in [0.717, 1.165) is 30.0 Å². The monoisotopic (exact) mass is 371 g/mol. The lowest BCUT2D eigenvalue weighted by molar-refractivity contribution is -0.121. The predicted molar refractivity (Wildman–Crippen MR) is 108 cm³/mol. The summed E-state index contributed by atoms with van der Waals surface area (Å²) in [5.41, 5.74) is 2.00. The molecule has 0 bridgehead atoms. The summed E-state index contributed by atoms with van der Waals surface area (Å²) in [6.07, 6.45) is 2.91. The number of carbonyl (C=O) groups is 1. The third kappa shape index (κ3) is 5.61. The maximum atomic E-state index is 12.3. The quantitative estimate of drug-likeness (QED) is 0.695. The van der Waals surface area contributed by atoms with Crippen LogP contribution in [0.4, 0.5) is 5.82 Å². The van der Waals surface area contributed by atoms with Crippen LogP contribution in [0.5, 0.6) is 11.5 Å². The first-order chi connectivity index (χ1) is 13.1. The Bertz CT molecular complexity index is 745. The molecule has 0 radical (unpaired) electrons. The van der Waals surface area contributed by atoms with Gasteiger partial charge in [-0.05, 0) is 44.0 Å². The number of hydrogen-bond acceptors (Lipinski definition) is 5. The van der Waals surface area contributed by atoms with Crippen LogP contribution in [0.15, 0.2) is 36.5 Å². The van der Waals surface area contributed by atoms with Crippen molar-refractivity contribution < 1.29 is 14.3 Å². The second kappa shape index (κ2) is 10.4. The maximum Gasteiger partial charge on any atom is 0.220 e. The summed E-state index contributed by atoms with van der Waals surface area (Å²) in [5.74, 6) is 2.27. The number of ether oxygens (including phenoxy) is 2. The largest absolute Gasteiger partial charge is 0.493 e. The molecular weight excluding hydrogens is 342 g/mol. The molecule has 0 saturated carbocycles. The average Bonchev–Trinajstić information content (AvgIpc) is 2.71. The highest BCUT2D eigenvalue weighted by Gasteiger charge is 2.11. The van der Waals surface area contributed by atoms with Crippen LogP contribution in [0.25, 0.3) is 0 Å². The Morgan fingerprint density at radius 1 is 1.15 bits per heavy atom. The number of nitrogens with zero attached hydrogens (tertiary/aromatic N) is 2. The Balaban J connectivity index is 1.91. The van der Waals surface area contributed by atoms with Crippen molar-refractivity contribution in [3.63, 3.8) is 0 Å². The van der Waals surface area contributed by atoms with Gasteiger partial charge in [0.05, 0.1) is 14.2 Å². The van der Waals surface area contributed by atoms with Gasteiger partial charge in [-0.25, -0.2) is 4.98 Å². The molecule has 0 aliphatic rings. The van der Waals surface area contributed by atoms with Crippen LogP contribution in [0.2, 0.25) is 0 Å². The maximum absolute atomic E-state index is 12.3. The van der Waals surface area contributed by atoms with Gasteiger partial charge < -0.3 is 19.7 Å². The first-order valence-electron chi connectivity index (χ1n) is 9.29. The van der Waals surface area contributed by atoms with Crippen molar-refractivity contribution in [3.8, 4) is 11.5 Å². The van der Waals surface area contributed by atoms with Gasteiger partial charge in [0.1, 0.15) is 5.82 Å². The molecule has 0 fully saturated rings. The average molecular weight is 371 g/mol. The van der Waals surface area contributed by atoms with E-state index in [0.29, 0.717) is 30.9 Å². The molecule has 1 aromatic heterocycles. The lowest BCUT2D eigenvalue weighted by atomic mass is 10.1. The summed E-state index contributed by atoms with van der Waals surface area (Å²) in [6, 6.07) is 9.66. The summed E-state index contributed by atoms with van der Waals surface area (Å²) in [7, 11) is 3.20. The van der Waals surface area contributed by atoms with Gasteiger partial charge in [-0.15, -0.1) is 0 Å². The summed E-state index contributed by atoms with van der Waals surface area (Å²) in [6.45, 7) is 6.45. The van der Waals surface area contributed by atoms with E-state index >= 15 is 0 Å². The number of benzene rings is 1. The van der Waals surface area contributed by atoms with Crippen LogP contribution >= 0.6 is 0 Å². The minimum absolute atomic E-state index is 0.000995. The molecule has 2 aromatic rings. The molecule has 1 amide bonds. The van der Waals surface area contributed by atoms with E-state index in [2.05, 4.69) is 35.1 Å². The molecule has 27 heavy (non-hydrogen) atoms. The fourth-order valence-electron chi connectivity index (χ4n) is 2.97. The van der Waals surface area contributed by atoms with Gasteiger partial charge >= 0.3 is 0 Å². The normalized spacial score (nSPS) is 10.4. The summed E-state index contributed by atoms with van der Waals surface area (Å²) in [5, 5.41) is 2.95. The molecule has 146 valence electrons. The fraction of sp³-hybridized carbons (Fsp3) is 0.429. The third-order valence-corrected chi connectivity index (χ3v) is 4.50. The Morgan fingerprint density at radius 3 is 2.59 bits per heavy atom. The number of pyridine rings is 1. The highest BCUT2D eigenvalue weighted by atomic mass is 16.5. The smallest absolute Gasteiger partial charge is 0.220 e. The van der Waals surface area contributed by atoms with Crippen LogP contribution in [0.3, 0.4) is 0 Å². The molecule has 6 heteroatoms. The first-order valence-corrected chi connectivity index (χ1v) is 9.29. The number of para-hydroxylation sites is 1. The number of carbonyl (C=O) groups excluding carboxylic acids is 1. The van der Waals surface area contributed by atoms with E-state index < -0.39 is 0 Å². The number of amides is 1. The van der Waals surface area contributed by atoms with Crippen molar-refractivity contribution >= 4 is 11.7 Å². The zero-order valence-electron chi connectivity index (χ0n) is 16.6. The summed E-state index contributed by atoms with van der Waals surface area (Å²) < 4.78 is 10.7. The molecule has 0 saturated heterocycles. The van der Waals surface area contributed by atoms with Crippen molar-refractivity contribution in [1.82, 2.24) is 10.3 Å². The van der Waals surface area contributed by atoms with Crippen LogP contribution < -0.4 is 19.7 Å². The first kappa shape index (κ1) is 20.6. The topological polar surface area (TPSA) is 63.7 Å². The van der Waals surface area contributed by atoms with E-state index in [4.69, 9.17) is 9.47 Å². The minimum atomic E-state index is 0.000995. The summed E-state index contributed by atoms with van der Waals surface area (Å²) in [4.78, 5) is 18.9. The Kier molecular flexibility index (Phi) is 7.92. The highest BCUT2D eigenvalue weighted by molar-refractivity contribution is 5.76. The van der Waals surface area contributed by atoms with Crippen molar-refractivity contribution in [3.05, 3.63) is 47.7 Å². The number of nitrogens with one attached hydrogen (secondary N) is 1. The van der Waals surface area contributed by atoms with Crippen molar-refractivity contribution in [2.75, 3.05) is 32.2 Å². The Morgan fingerprint density at radius 2 is 1.93 bits per heavy atom. The van der Waals surface area contributed by atoms with E-state index in [1.54, 1.807) is 14.2 Å². The molecule has 0 aliphatic carbocycles. The second-order valence-electron chi connectivity index (χ2n) is 6.12. The Hall–Kier alpha value is -2.76. The highest BCUT2D eigenvalue weighted by Crippen LogP contribution is 2.30. The lowest BCUT2D eigenvalue weighted by Gasteiger charge is -2.20. The van der Waals surface area contributed by atoms with Crippen molar-refractivity contribution in [1.29, 1.82) is 0 Å². The minimum Gasteiger partial charge on any atom is -0.493 e. The van der Waals surface area contributed by atoms with Gasteiger partial charge in [-0.1, -0.05) is 12.1 Å².